The van der Waals surface area contributed by atoms with Crippen molar-refractivity contribution >= 4 is 11.9 Å². The highest BCUT2D eigenvalue weighted by molar-refractivity contribution is 5.81. The van der Waals surface area contributed by atoms with Gasteiger partial charge in [-0.1, -0.05) is 54.6 Å². The predicted octanol–water partition coefficient (Wildman–Crippen LogP) is 3.72. The number of anilines is 1. The Labute approximate surface area is 225 Å². The van der Waals surface area contributed by atoms with Gasteiger partial charge in [0.15, 0.2) is 0 Å². The molecule has 1 aromatic heterocycles. The van der Waals surface area contributed by atoms with Crippen LogP contribution in [0.3, 0.4) is 0 Å². The molecule has 0 spiro atoms. The topological polar surface area (TPSA) is 132 Å². The number of ether oxygens (including phenoxy) is 3. The van der Waals surface area contributed by atoms with Crippen molar-refractivity contribution < 1.29 is 29.2 Å². The van der Waals surface area contributed by atoms with E-state index in [0.717, 1.165) is 16.7 Å². The van der Waals surface area contributed by atoms with Gasteiger partial charge in [-0.25, -0.2) is 9.59 Å². The van der Waals surface area contributed by atoms with E-state index in [-0.39, 0.29) is 19.0 Å². The fraction of sp³-hybridized carbons (Fsp3) is 0.207. The molecule has 202 valence electrons. The minimum atomic E-state index is -1.33. The van der Waals surface area contributed by atoms with E-state index in [2.05, 4.69) is 4.98 Å². The number of methoxy groups -OCH3 is 2. The molecule has 4 aromatic rings. The number of hydrogen-bond acceptors (Lipinski definition) is 7. The van der Waals surface area contributed by atoms with Gasteiger partial charge in [0.1, 0.15) is 22.9 Å². The molecule has 1 unspecified atom stereocenters. The summed E-state index contributed by atoms with van der Waals surface area (Å²) in [5.41, 5.74) is 0.596. The largest absolute Gasteiger partial charge is 0.497 e. The number of aliphatic hydroxyl groups excluding tert-OH is 1. The fourth-order valence-corrected chi connectivity index (χ4v) is 4.32. The first-order chi connectivity index (χ1) is 18.8. The standard InChI is InChI=1S/C29H29N3O7/c1-37-24-12-8-21(9-13-24)29(20-6-4-3-5-7-20,22-10-14-25(38-2)15-11-22)39-19-23(33)18-32-17-16-26(30-27(32)34)31-28(35)36/h3-17,23,33H,18-19H2,1-2H3,(H,35,36)(H,30,31,34). The Kier molecular flexibility index (Phi) is 8.60. The number of carbonyl (C=O) groups is 1. The van der Waals surface area contributed by atoms with Gasteiger partial charge in [0.2, 0.25) is 0 Å². The van der Waals surface area contributed by atoms with Gasteiger partial charge in [-0.15, -0.1) is 0 Å². The molecule has 0 fully saturated rings. The Morgan fingerprint density at radius 3 is 1.92 bits per heavy atom. The van der Waals surface area contributed by atoms with Gasteiger partial charge < -0.3 is 24.4 Å². The Morgan fingerprint density at radius 1 is 0.897 bits per heavy atom. The first kappa shape index (κ1) is 27.4. The van der Waals surface area contributed by atoms with Crippen molar-refractivity contribution in [2.24, 2.45) is 0 Å². The fourth-order valence-electron chi connectivity index (χ4n) is 4.32. The monoisotopic (exact) mass is 531 g/mol. The molecule has 0 saturated heterocycles. The van der Waals surface area contributed by atoms with Crippen LogP contribution in [0, 0.1) is 0 Å². The van der Waals surface area contributed by atoms with Gasteiger partial charge >= 0.3 is 11.8 Å². The summed E-state index contributed by atoms with van der Waals surface area (Å²) in [5.74, 6) is 1.27. The maximum absolute atomic E-state index is 12.4. The molecule has 0 saturated carbocycles. The van der Waals surface area contributed by atoms with Crippen LogP contribution in [0.1, 0.15) is 16.7 Å². The Hall–Kier alpha value is -4.67. The van der Waals surface area contributed by atoms with Gasteiger partial charge in [0, 0.05) is 6.20 Å². The zero-order valence-electron chi connectivity index (χ0n) is 21.5. The number of rotatable bonds is 11. The van der Waals surface area contributed by atoms with E-state index in [0.29, 0.717) is 11.5 Å². The lowest BCUT2D eigenvalue weighted by Crippen LogP contribution is -2.38. The van der Waals surface area contributed by atoms with E-state index >= 15 is 0 Å². The van der Waals surface area contributed by atoms with Gasteiger partial charge in [0.05, 0.1) is 33.5 Å². The summed E-state index contributed by atoms with van der Waals surface area (Å²) in [6.07, 6.45) is -1.06. The summed E-state index contributed by atoms with van der Waals surface area (Å²) in [5, 5.41) is 21.8. The van der Waals surface area contributed by atoms with Crippen molar-refractivity contribution in [3.63, 3.8) is 0 Å². The van der Waals surface area contributed by atoms with Crippen molar-refractivity contribution in [1.29, 1.82) is 0 Å². The second kappa shape index (κ2) is 12.2. The van der Waals surface area contributed by atoms with Crippen molar-refractivity contribution in [2.75, 3.05) is 26.1 Å². The number of aliphatic hydroxyl groups is 1. The van der Waals surface area contributed by atoms with Gasteiger partial charge in [-0.3, -0.25) is 9.88 Å². The smallest absolute Gasteiger partial charge is 0.410 e. The Balaban J connectivity index is 1.70. The SMILES string of the molecule is COc1ccc(C(OCC(O)Cn2ccc(NC(=O)O)nc2=O)(c2ccccc2)c2ccc(OC)cc2)cc1. The zero-order valence-corrected chi connectivity index (χ0v) is 21.5. The number of benzene rings is 3. The van der Waals surface area contributed by atoms with Crippen LogP contribution in [0.25, 0.3) is 0 Å². The van der Waals surface area contributed by atoms with Crippen molar-refractivity contribution in [1.82, 2.24) is 9.55 Å². The summed E-state index contributed by atoms with van der Waals surface area (Å²) >= 11 is 0. The number of carboxylic acid groups (broad SMARTS) is 1. The normalized spacial score (nSPS) is 12.0. The second-order valence-electron chi connectivity index (χ2n) is 8.65. The van der Waals surface area contributed by atoms with Crippen molar-refractivity contribution in [3.05, 3.63) is 118 Å². The molecule has 3 aromatic carbocycles. The quantitative estimate of drug-likeness (QED) is 0.250. The molecule has 10 nitrogen and oxygen atoms in total. The molecular weight excluding hydrogens is 502 g/mol. The molecule has 4 rings (SSSR count). The lowest BCUT2D eigenvalue weighted by atomic mass is 9.80. The molecule has 3 N–H and O–H groups in total. The predicted molar refractivity (Wildman–Crippen MR) is 144 cm³/mol. The maximum atomic E-state index is 12.4. The van der Waals surface area contributed by atoms with E-state index in [1.807, 2.05) is 84.2 Å². The molecule has 0 radical (unpaired) electrons. The molecule has 39 heavy (non-hydrogen) atoms. The summed E-state index contributed by atoms with van der Waals surface area (Å²) in [4.78, 5) is 26.9. The van der Waals surface area contributed by atoms with Crippen LogP contribution in [-0.4, -0.2) is 52.8 Å². The molecule has 1 heterocycles. The molecule has 0 aliphatic carbocycles. The summed E-state index contributed by atoms with van der Waals surface area (Å²) in [6.45, 7) is -0.260. The van der Waals surface area contributed by atoms with E-state index in [4.69, 9.17) is 19.3 Å². The summed E-state index contributed by atoms with van der Waals surface area (Å²) in [6, 6.07) is 26.0. The van der Waals surface area contributed by atoms with Crippen molar-refractivity contribution in [2.45, 2.75) is 18.2 Å². The highest BCUT2D eigenvalue weighted by Gasteiger charge is 2.38. The minimum Gasteiger partial charge on any atom is -0.497 e. The molecule has 0 bridgehead atoms. The molecule has 1 amide bonds. The number of hydrogen-bond donors (Lipinski definition) is 3. The van der Waals surface area contributed by atoms with Gasteiger partial charge in [-0.05, 0) is 47.0 Å². The number of amides is 1. The lowest BCUT2D eigenvalue weighted by Gasteiger charge is -2.36. The van der Waals surface area contributed by atoms with Crippen LogP contribution >= 0.6 is 0 Å². The van der Waals surface area contributed by atoms with Crippen LogP contribution in [0.5, 0.6) is 11.5 Å². The van der Waals surface area contributed by atoms with Gasteiger partial charge in [-0.2, -0.15) is 4.98 Å². The second-order valence-corrected chi connectivity index (χ2v) is 8.65. The maximum Gasteiger partial charge on any atom is 0.410 e. The average Bonchev–Trinajstić information content (AvgIpc) is 2.96. The minimum absolute atomic E-state index is 0.100. The third-order valence-corrected chi connectivity index (χ3v) is 6.18. The highest BCUT2D eigenvalue weighted by Crippen LogP contribution is 2.41. The van der Waals surface area contributed by atoms with Crippen LogP contribution in [0.4, 0.5) is 10.6 Å². The number of nitrogens with one attached hydrogen (secondary N) is 1. The molecule has 0 aliphatic rings. The van der Waals surface area contributed by atoms with Crippen LogP contribution < -0.4 is 20.5 Å². The molecule has 0 aliphatic heterocycles. The number of aromatic nitrogens is 2. The van der Waals surface area contributed by atoms with E-state index in [1.54, 1.807) is 14.2 Å². The zero-order chi connectivity index (χ0) is 27.8. The van der Waals surface area contributed by atoms with Gasteiger partial charge in [0.25, 0.3) is 0 Å². The van der Waals surface area contributed by atoms with E-state index < -0.39 is 23.5 Å². The summed E-state index contributed by atoms with van der Waals surface area (Å²) in [7, 11) is 3.19. The third kappa shape index (κ3) is 6.25. The average molecular weight is 532 g/mol. The first-order valence-electron chi connectivity index (χ1n) is 12.1. The van der Waals surface area contributed by atoms with Crippen LogP contribution in [0.15, 0.2) is 95.9 Å². The Bertz CT molecular complexity index is 1390. The molecule has 1 atom stereocenters. The molecular formula is C29H29N3O7. The highest BCUT2D eigenvalue weighted by atomic mass is 16.5. The Morgan fingerprint density at radius 2 is 1.44 bits per heavy atom. The first-order valence-corrected chi connectivity index (χ1v) is 12.1. The van der Waals surface area contributed by atoms with Crippen LogP contribution in [0.2, 0.25) is 0 Å². The number of nitrogens with zero attached hydrogens (tertiary/aromatic N) is 2. The summed E-state index contributed by atoms with van der Waals surface area (Å²) < 4.78 is 18.5. The third-order valence-electron chi connectivity index (χ3n) is 6.18. The van der Waals surface area contributed by atoms with Crippen molar-refractivity contribution in [3.8, 4) is 11.5 Å². The van der Waals surface area contributed by atoms with E-state index in [1.165, 1.54) is 16.8 Å². The van der Waals surface area contributed by atoms with E-state index in [9.17, 15) is 14.7 Å². The molecule has 10 heteroatoms. The van der Waals surface area contributed by atoms with Crippen LogP contribution in [-0.2, 0) is 16.9 Å². The lowest BCUT2D eigenvalue weighted by molar-refractivity contribution is -0.0426.